The average molecular weight is 287 g/mol. The van der Waals surface area contributed by atoms with E-state index < -0.39 is 18.6 Å². The molecule has 1 N–H and O–H groups in total. The van der Waals surface area contributed by atoms with Crippen molar-refractivity contribution in [3.05, 3.63) is 12.7 Å². The second kappa shape index (κ2) is 7.63. The first-order valence-electron chi connectivity index (χ1n) is 5.61. The van der Waals surface area contributed by atoms with Gasteiger partial charge in [-0.3, -0.25) is 4.79 Å². The summed E-state index contributed by atoms with van der Waals surface area (Å²) >= 11 is 0. The van der Waals surface area contributed by atoms with E-state index in [1.165, 1.54) is 6.08 Å². The summed E-state index contributed by atoms with van der Waals surface area (Å²) < 4.78 is 36.9. The highest BCUT2D eigenvalue weighted by molar-refractivity contribution is 5.85. The monoisotopic (exact) mass is 286 g/mol. The van der Waals surface area contributed by atoms with Crippen LogP contribution in [0.15, 0.2) is 12.7 Å². The van der Waals surface area contributed by atoms with Gasteiger partial charge in [0.1, 0.15) is 6.54 Å². The van der Waals surface area contributed by atoms with Crippen molar-refractivity contribution in [1.82, 2.24) is 10.2 Å². The molecule has 0 bridgehead atoms. The summed E-state index contributed by atoms with van der Waals surface area (Å²) in [5.41, 5.74) is 0. The number of nitrogens with zero attached hydrogens (tertiary/aromatic N) is 1. The summed E-state index contributed by atoms with van der Waals surface area (Å²) in [4.78, 5) is 12.7. The maximum atomic E-state index is 12.3. The molecule has 1 heterocycles. The van der Waals surface area contributed by atoms with Crippen LogP contribution in [-0.4, -0.2) is 43.2 Å². The number of hydrogen-bond donors (Lipinski definition) is 1. The van der Waals surface area contributed by atoms with Crippen LogP contribution in [0.5, 0.6) is 0 Å². The zero-order valence-corrected chi connectivity index (χ0v) is 10.8. The summed E-state index contributed by atoms with van der Waals surface area (Å²) in [6, 6.07) is 0. The lowest BCUT2D eigenvalue weighted by atomic mass is 9.98. The smallest absolute Gasteiger partial charge is 0.330 e. The van der Waals surface area contributed by atoms with Gasteiger partial charge in [0.15, 0.2) is 0 Å². The van der Waals surface area contributed by atoms with Gasteiger partial charge >= 0.3 is 6.18 Å². The fourth-order valence-electron chi connectivity index (χ4n) is 1.93. The normalized spacial score (nSPS) is 19.8. The average Bonchev–Trinajstić information content (AvgIpc) is 2.27. The number of hydrogen-bond acceptors (Lipinski definition) is 2. The van der Waals surface area contributed by atoms with E-state index in [9.17, 15) is 18.0 Å². The number of amides is 1. The predicted molar refractivity (Wildman–Crippen MR) is 65.7 cm³/mol. The van der Waals surface area contributed by atoms with Crippen molar-refractivity contribution in [3.8, 4) is 0 Å². The molecule has 1 atom stereocenters. The second-order valence-corrected chi connectivity index (χ2v) is 4.17. The molecule has 106 valence electrons. The molecule has 0 aromatic carbocycles. The second-order valence-electron chi connectivity index (χ2n) is 4.17. The molecular formula is C11H18ClF3N2O. The van der Waals surface area contributed by atoms with Crippen LogP contribution in [0.1, 0.15) is 12.8 Å². The Bertz CT molecular complexity index is 278. The Balaban J connectivity index is 0.00000289. The number of alkyl halides is 3. The first-order chi connectivity index (χ1) is 7.94. The van der Waals surface area contributed by atoms with Crippen molar-refractivity contribution in [2.75, 3.05) is 26.2 Å². The lowest BCUT2D eigenvalue weighted by Crippen LogP contribution is -2.46. The topological polar surface area (TPSA) is 32.3 Å². The largest absolute Gasteiger partial charge is 0.406 e. The van der Waals surface area contributed by atoms with Gasteiger partial charge in [-0.15, -0.1) is 19.0 Å². The van der Waals surface area contributed by atoms with E-state index in [-0.39, 0.29) is 24.9 Å². The molecule has 7 heteroatoms. The van der Waals surface area contributed by atoms with Crippen LogP contribution in [0.3, 0.4) is 0 Å². The van der Waals surface area contributed by atoms with Crippen LogP contribution >= 0.6 is 12.4 Å². The molecule has 1 fully saturated rings. The molecule has 1 amide bonds. The molecule has 1 saturated heterocycles. The number of nitrogens with one attached hydrogen (secondary N) is 1. The van der Waals surface area contributed by atoms with Crippen molar-refractivity contribution < 1.29 is 18.0 Å². The molecule has 0 saturated carbocycles. The molecule has 1 aliphatic heterocycles. The van der Waals surface area contributed by atoms with Crippen LogP contribution in [-0.2, 0) is 4.79 Å². The van der Waals surface area contributed by atoms with Crippen molar-refractivity contribution in [1.29, 1.82) is 0 Å². The summed E-state index contributed by atoms with van der Waals surface area (Å²) in [5, 5.41) is 3.02. The van der Waals surface area contributed by atoms with E-state index >= 15 is 0 Å². The molecule has 1 rings (SSSR count). The first-order valence-corrected chi connectivity index (χ1v) is 5.61. The number of rotatable bonds is 4. The first kappa shape index (κ1) is 17.2. The predicted octanol–water partition coefficient (Wildman–Crippen LogP) is 1.98. The Labute approximate surface area is 111 Å². The third-order valence-corrected chi connectivity index (χ3v) is 2.68. The van der Waals surface area contributed by atoms with Crippen molar-refractivity contribution in [3.63, 3.8) is 0 Å². The molecule has 0 radical (unpaired) electrons. The van der Waals surface area contributed by atoms with Crippen molar-refractivity contribution >= 4 is 18.3 Å². The number of carbonyl (C=O) groups is 1. The lowest BCUT2D eigenvalue weighted by molar-refractivity contribution is -0.163. The lowest BCUT2D eigenvalue weighted by Gasteiger charge is -2.29. The van der Waals surface area contributed by atoms with Crippen molar-refractivity contribution in [2.24, 2.45) is 5.92 Å². The van der Waals surface area contributed by atoms with Gasteiger partial charge in [0, 0.05) is 13.1 Å². The van der Waals surface area contributed by atoms with Gasteiger partial charge in [-0.1, -0.05) is 6.08 Å². The van der Waals surface area contributed by atoms with E-state index in [2.05, 4.69) is 11.9 Å². The van der Waals surface area contributed by atoms with E-state index in [1.807, 2.05) is 0 Å². The van der Waals surface area contributed by atoms with Gasteiger partial charge in [0.2, 0.25) is 5.91 Å². The third-order valence-electron chi connectivity index (χ3n) is 2.68. The van der Waals surface area contributed by atoms with Crippen LogP contribution in [0, 0.1) is 5.92 Å². The minimum atomic E-state index is -4.36. The summed E-state index contributed by atoms with van der Waals surface area (Å²) in [6.07, 6.45) is -1.57. The fourth-order valence-corrected chi connectivity index (χ4v) is 1.93. The highest BCUT2D eigenvalue weighted by atomic mass is 35.5. The Morgan fingerprint density at radius 3 is 2.61 bits per heavy atom. The third kappa shape index (κ3) is 5.73. The van der Waals surface area contributed by atoms with Crippen LogP contribution in [0.2, 0.25) is 0 Å². The Hall–Kier alpha value is -0.750. The zero-order valence-electron chi connectivity index (χ0n) is 10.0. The molecule has 0 spiro atoms. The van der Waals surface area contributed by atoms with Gasteiger partial charge < -0.3 is 10.2 Å². The van der Waals surface area contributed by atoms with Crippen molar-refractivity contribution in [2.45, 2.75) is 19.0 Å². The highest BCUT2D eigenvalue weighted by Crippen LogP contribution is 2.20. The molecule has 1 unspecified atom stereocenters. The van der Waals surface area contributed by atoms with Crippen LogP contribution < -0.4 is 5.32 Å². The highest BCUT2D eigenvalue weighted by Gasteiger charge is 2.35. The number of carbonyl (C=O) groups excluding carboxylic acids is 1. The summed E-state index contributed by atoms with van der Waals surface area (Å²) in [5.74, 6) is -0.777. The molecular weight excluding hydrogens is 269 g/mol. The van der Waals surface area contributed by atoms with Crippen LogP contribution in [0.4, 0.5) is 13.2 Å². The number of halogens is 4. The van der Waals surface area contributed by atoms with Gasteiger partial charge in [-0.2, -0.15) is 13.2 Å². The maximum Gasteiger partial charge on any atom is 0.406 e. The quantitative estimate of drug-likeness (QED) is 0.802. The Morgan fingerprint density at radius 1 is 1.50 bits per heavy atom. The van der Waals surface area contributed by atoms with Gasteiger partial charge in [0.05, 0.1) is 5.92 Å². The fraction of sp³-hybridized carbons (Fsp3) is 0.727. The zero-order chi connectivity index (χ0) is 12.9. The van der Waals surface area contributed by atoms with E-state index in [0.717, 1.165) is 17.9 Å². The molecule has 3 nitrogen and oxygen atoms in total. The van der Waals surface area contributed by atoms with Gasteiger partial charge in [-0.25, -0.2) is 0 Å². The van der Waals surface area contributed by atoms with Crippen LogP contribution in [0.25, 0.3) is 0 Å². The minimum Gasteiger partial charge on any atom is -0.330 e. The maximum absolute atomic E-state index is 12.3. The van der Waals surface area contributed by atoms with Gasteiger partial charge in [0.25, 0.3) is 0 Å². The van der Waals surface area contributed by atoms with Gasteiger partial charge in [-0.05, 0) is 19.4 Å². The Kier molecular flexibility index (Phi) is 7.32. The van der Waals surface area contributed by atoms with E-state index in [4.69, 9.17) is 0 Å². The minimum absolute atomic E-state index is 0. The SMILES string of the molecule is C=CCN(CC(F)(F)F)C(=O)C1CCCNC1.Cl. The molecule has 1 aliphatic rings. The Morgan fingerprint density at radius 2 is 2.17 bits per heavy atom. The molecule has 0 aromatic heterocycles. The van der Waals surface area contributed by atoms with E-state index in [0.29, 0.717) is 13.0 Å². The molecule has 0 aliphatic carbocycles. The molecule has 18 heavy (non-hydrogen) atoms. The summed E-state index contributed by atoms with van der Waals surface area (Å²) in [6.45, 7) is 3.41. The standard InChI is InChI=1S/C11H17F3N2O.ClH/c1-2-6-16(8-11(12,13)14)10(17)9-4-3-5-15-7-9;/h2,9,15H,1,3-8H2;1H. The number of piperidine rings is 1. The summed E-state index contributed by atoms with van der Waals surface area (Å²) in [7, 11) is 0. The molecule has 0 aromatic rings. The van der Waals surface area contributed by atoms with E-state index in [1.54, 1.807) is 0 Å².